The molecule has 0 radical (unpaired) electrons. The Bertz CT molecular complexity index is 1010. The molecule has 5 rings (SSSR count). The number of pyridine rings is 1. The first-order valence-corrected chi connectivity index (χ1v) is 12.4. The zero-order chi connectivity index (χ0) is 20.3. The lowest BCUT2D eigenvalue weighted by Crippen LogP contribution is -2.53. The number of fused-ring (bicyclic) bond motifs is 3. The van der Waals surface area contributed by atoms with Gasteiger partial charge in [-0.2, -0.15) is 9.40 Å². The Kier molecular flexibility index (Phi) is 4.71. The largest absolute Gasteiger partial charge is 0.300 e. The van der Waals surface area contributed by atoms with E-state index in [1.807, 2.05) is 18.3 Å². The van der Waals surface area contributed by atoms with Gasteiger partial charge in [0, 0.05) is 36.8 Å². The van der Waals surface area contributed by atoms with Gasteiger partial charge in [0.15, 0.2) is 5.65 Å². The number of hydrogen-bond donors (Lipinski definition) is 0. The van der Waals surface area contributed by atoms with E-state index >= 15 is 0 Å². The van der Waals surface area contributed by atoms with Gasteiger partial charge in [-0.15, -0.1) is 0 Å². The first-order valence-electron chi connectivity index (χ1n) is 10.9. The molecule has 7 nitrogen and oxygen atoms in total. The number of aromatic nitrogens is 3. The van der Waals surface area contributed by atoms with Crippen molar-refractivity contribution in [3.63, 3.8) is 0 Å². The van der Waals surface area contributed by atoms with Crippen molar-refractivity contribution in [1.29, 1.82) is 0 Å². The first-order chi connectivity index (χ1) is 13.8. The summed E-state index contributed by atoms with van der Waals surface area (Å²) < 4.78 is 30.7. The predicted molar refractivity (Wildman–Crippen MR) is 112 cm³/mol. The van der Waals surface area contributed by atoms with Crippen LogP contribution in [0.25, 0.3) is 11.0 Å². The molecule has 158 valence electrons. The molecule has 0 N–H and O–H groups in total. The minimum absolute atomic E-state index is 0.119. The molecule has 0 spiro atoms. The second kappa shape index (κ2) is 7.03. The molecule has 3 saturated heterocycles. The van der Waals surface area contributed by atoms with Crippen molar-refractivity contribution in [2.75, 3.05) is 13.1 Å². The first kappa shape index (κ1) is 19.5. The van der Waals surface area contributed by atoms with Gasteiger partial charge in [0.1, 0.15) is 4.90 Å². The molecule has 3 aliphatic rings. The van der Waals surface area contributed by atoms with E-state index < -0.39 is 10.0 Å². The highest BCUT2D eigenvalue weighted by molar-refractivity contribution is 7.89. The fourth-order valence-corrected chi connectivity index (χ4v) is 7.61. The number of piperidine rings is 2. The third kappa shape index (κ3) is 3.20. The molecule has 29 heavy (non-hydrogen) atoms. The van der Waals surface area contributed by atoms with E-state index in [0.717, 1.165) is 48.3 Å². The molecule has 0 aliphatic carbocycles. The molecule has 5 heterocycles. The van der Waals surface area contributed by atoms with Crippen LogP contribution in [0.3, 0.4) is 0 Å². The summed E-state index contributed by atoms with van der Waals surface area (Å²) in [5, 5.41) is 5.19. The Morgan fingerprint density at radius 1 is 1.03 bits per heavy atom. The quantitative estimate of drug-likeness (QED) is 0.768. The molecule has 0 saturated carbocycles. The van der Waals surface area contributed by atoms with Crippen LogP contribution in [0, 0.1) is 12.8 Å². The van der Waals surface area contributed by atoms with Gasteiger partial charge in [-0.1, -0.05) is 6.92 Å². The van der Waals surface area contributed by atoms with Crippen molar-refractivity contribution in [2.24, 2.45) is 13.0 Å². The van der Waals surface area contributed by atoms with E-state index in [1.54, 1.807) is 10.7 Å². The topological polar surface area (TPSA) is 71.3 Å². The SMILES string of the molecule is Cc1nn(C)c2ncc(S(=O)(=O)N3[C@@H]4CC[C@H]3CC(N3CCC(C)CC3)C4)cc12. The number of likely N-dealkylation sites (tertiary alicyclic amines) is 1. The third-order valence-electron chi connectivity index (χ3n) is 7.39. The highest BCUT2D eigenvalue weighted by Crippen LogP contribution is 2.42. The van der Waals surface area contributed by atoms with Crippen molar-refractivity contribution in [3.8, 4) is 0 Å². The molecule has 8 heteroatoms. The predicted octanol–water partition coefficient (Wildman–Crippen LogP) is 2.69. The molecule has 0 amide bonds. The summed E-state index contributed by atoms with van der Waals surface area (Å²) in [6.07, 6.45) is 7.93. The summed E-state index contributed by atoms with van der Waals surface area (Å²) >= 11 is 0. The third-order valence-corrected chi connectivity index (χ3v) is 9.36. The molecular weight excluding hydrogens is 386 g/mol. The highest BCUT2D eigenvalue weighted by Gasteiger charge is 2.48. The second-order valence-electron chi connectivity index (χ2n) is 9.31. The standard InChI is InChI=1S/C21H31N5O2S/c1-14-6-8-25(9-7-14)18-10-16-4-5-17(11-18)26(16)29(27,28)19-12-20-15(2)23-24(3)21(20)22-13-19/h12-14,16-18H,4-11H2,1-3H3/t16-,17+,18?. The molecule has 2 bridgehead atoms. The summed E-state index contributed by atoms with van der Waals surface area (Å²) in [4.78, 5) is 7.35. The van der Waals surface area contributed by atoms with Gasteiger partial charge < -0.3 is 4.90 Å². The number of sulfonamides is 1. The molecule has 3 atom stereocenters. The van der Waals surface area contributed by atoms with Crippen LogP contribution >= 0.6 is 0 Å². The van der Waals surface area contributed by atoms with Gasteiger partial charge in [-0.25, -0.2) is 13.4 Å². The van der Waals surface area contributed by atoms with Crippen LogP contribution in [0.2, 0.25) is 0 Å². The molecular formula is C21H31N5O2S. The van der Waals surface area contributed by atoms with Crippen molar-refractivity contribution >= 4 is 21.1 Å². The Morgan fingerprint density at radius 3 is 2.34 bits per heavy atom. The van der Waals surface area contributed by atoms with Gasteiger partial charge in [0.05, 0.1) is 5.69 Å². The maximum Gasteiger partial charge on any atom is 0.245 e. The lowest BCUT2D eigenvalue weighted by molar-refractivity contribution is 0.0759. The van der Waals surface area contributed by atoms with Crippen LogP contribution in [0.4, 0.5) is 0 Å². The van der Waals surface area contributed by atoms with Crippen LogP contribution in [-0.4, -0.2) is 63.6 Å². The Morgan fingerprint density at radius 2 is 1.69 bits per heavy atom. The fraction of sp³-hybridized carbons (Fsp3) is 0.714. The summed E-state index contributed by atoms with van der Waals surface area (Å²) in [5.74, 6) is 0.821. The summed E-state index contributed by atoms with van der Waals surface area (Å²) in [6, 6.07) is 2.53. The van der Waals surface area contributed by atoms with Gasteiger partial charge in [-0.3, -0.25) is 4.68 Å². The lowest BCUT2D eigenvalue weighted by atomic mass is 9.93. The van der Waals surface area contributed by atoms with Crippen molar-refractivity contribution < 1.29 is 8.42 Å². The zero-order valence-corrected chi connectivity index (χ0v) is 18.4. The molecule has 2 aromatic rings. The smallest absolute Gasteiger partial charge is 0.245 e. The molecule has 3 aliphatic heterocycles. The summed E-state index contributed by atoms with van der Waals surface area (Å²) in [6.45, 7) is 6.57. The van der Waals surface area contributed by atoms with Crippen molar-refractivity contribution in [1.82, 2.24) is 24.0 Å². The van der Waals surface area contributed by atoms with Crippen LogP contribution in [0.15, 0.2) is 17.2 Å². The highest BCUT2D eigenvalue weighted by atomic mass is 32.2. The van der Waals surface area contributed by atoms with E-state index in [2.05, 4.69) is 21.9 Å². The van der Waals surface area contributed by atoms with E-state index in [-0.39, 0.29) is 12.1 Å². The second-order valence-corrected chi connectivity index (χ2v) is 11.2. The normalized spacial score (nSPS) is 29.7. The minimum atomic E-state index is -3.54. The van der Waals surface area contributed by atoms with Crippen molar-refractivity contribution in [2.45, 2.75) is 75.4 Å². The molecule has 1 unspecified atom stereocenters. The van der Waals surface area contributed by atoms with Crippen LogP contribution in [0.5, 0.6) is 0 Å². The summed E-state index contributed by atoms with van der Waals surface area (Å²) in [5.41, 5.74) is 1.54. The monoisotopic (exact) mass is 417 g/mol. The maximum atomic E-state index is 13.6. The van der Waals surface area contributed by atoms with Gasteiger partial charge in [0.2, 0.25) is 10.0 Å². The van der Waals surface area contributed by atoms with Gasteiger partial charge in [-0.05, 0) is 70.5 Å². The average Bonchev–Trinajstić information content (AvgIpc) is 3.15. The van der Waals surface area contributed by atoms with E-state index in [0.29, 0.717) is 10.9 Å². The molecule has 0 aromatic carbocycles. The van der Waals surface area contributed by atoms with Gasteiger partial charge >= 0.3 is 0 Å². The number of aryl methyl sites for hydroxylation is 2. The Hall–Kier alpha value is -1.51. The van der Waals surface area contributed by atoms with Crippen LogP contribution < -0.4 is 0 Å². The van der Waals surface area contributed by atoms with Gasteiger partial charge in [0.25, 0.3) is 0 Å². The van der Waals surface area contributed by atoms with Crippen molar-refractivity contribution in [3.05, 3.63) is 18.0 Å². The lowest BCUT2D eigenvalue weighted by Gasteiger charge is -2.44. The zero-order valence-electron chi connectivity index (χ0n) is 17.6. The van der Waals surface area contributed by atoms with E-state index in [9.17, 15) is 8.42 Å². The Labute approximate surface area is 173 Å². The van der Waals surface area contributed by atoms with Crippen LogP contribution in [-0.2, 0) is 17.1 Å². The number of nitrogens with zero attached hydrogens (tertiary/aromatic N) is 5. The maximum absolute atomic E-state index is 13.6. The Balaban J connectivity index is 1.40. The van der Waals surface area contributed by atoms with E-state index in [4.69, 9.17) is 0 Å². The molecule has 2 aromatic heterocycles. The fourth-order valence-electron chi connectivity index (χ4n) is 5.74. The summed E-state index contributed by atoms with van der Waals surface area (Å²) in [7, 11) is -1.71. The molecule has 3 fully saturated rings. The number of rotatable bonds is 3. The minimum Gasteiger partial charge on any atom is -0.300 e. The van der Waals surface area contributed by atoms with E-state index in [1.165, 1.54) is 32.1 Å². The average molecular weight is 418 g/mol. The number of hydrogen-bond acceptors (Lipinski definition) is 5. The van der Waals surface area contributed by atoms with Crippen LogP contribution in [0.1, 0.15) is 51.1 Å².